The Morgan fingerprint density at radius 1 is 1.17 bits per heavy atom. The van der Waals surface area contributed by atoms with Gasteiger partial charge >= 0.3 is 5.97 Å². The summed E-state index contributed by atoms with van der Waals surface area (Å²) in [5.41, 5.74) is -1.28. The van der Waals surface area contributed by atoms with Crippen LogP contribution in [0.2, 0.25) is 0 Å². The molecule has 6 atom stereocenters. The van der Waals surface area contributed by atoms with Gasteiger partial charge in [0.2, 0.25) is 17.7 Å². The lowest BCUT2D eigenvalue weighted by Gasteiger charge is -2.35. The highest BCUT2D eigenvalue weighted by atomic mass is 16.6. The molecule has 2 saturated heterocycles. The molecule has 0 aromatic rings. The predicted octanol–water partition coefficient (Wildman–Crippen LogP) is 0.156. The van der Waals surface area contributed by atoms with Crippen LogP contribution in [0.5, 0.6) is 0 Å². The van der Waals surface area contributed by atoms with Crippen molar-refractivity contribution in [1.82, 2.24) is 15.1 Å². The van der Waals surface area contributed by atoms with Gasteiger partial charge in [0.05, 0.1) is 25.2 Å². The number of esters is 1. The van der Waals surface area contributed by atoms with Crippen LogP contribution in [0.3, 0.4) is 0 Å². The van der Waals surface area contributed by atoms with E-state index < -0.39 is 41.7 Å². The van der Waals surface area contributed by atoms with E-state index in [4.69, 9.17) is 9.47 Å². The monoisotopic (exact) mass is 489 g/mol. The molecule has 4 aliphatic rings. The van der Waals surface area contributed by atoms with Gasteiger partial charge in [0.25, 0.3) is 0 Å². The summed E-state index contributed by atoms with van der Waals surface area (Å²) >= 11 is 0. The van der Waals surface area contributed by atoms with Gasteiger partial charge in [-0.3, -0.25) is 19.2 Å². The van der Waals surface area contributed by atoms with Crippen LogP contribution in [0, 0.1) is 11.8 Å². The van der Waals surface area contributed by atoms with Crippen LogP contribution in [0.4, 0.5) is 0 Å². The van der Waals surface area contributed by atoms with Crippen LogP contribution in [-0.2, 0) is 28.7 Å². The molecule has 3 amide bonds. The number of likely N-dealkylation sites (tertiary alicyclic amines) is 1. The first-order chi connectivity index (χ1) is 16.8. The first kappa shape index (κ1) is 25.4. The number of nitrogens with zero attached hydrogens (tertiary/aromatic N) is 2. The van der Waals surface area contributed by atoms with E-state index in [9.17, 15) is 24.3 Å². The fourth-order valence-electron chi connectivity index (χ4n) is 5.58. The molecule has 0 aromatic heterocycles. The Kier molecular flexibility index (Phi) is 7.61. The van der Waals surface area contributed by atoms with Crippen molar-refractivity contribution in [3.8, 4) is 0 Å². The van der Waals surface area contributed by atoms with Crippen LogP contribution in [0.25, 0.3) is 0 Å². The van der Waals surface area contributed by atoms with Gasteiger partial charge in [0.15, 0.2) is 0 Å². The lowest BCUT2D eigenvalue weighted by Crippen LogP contribution is -2.56. The molecule has 192 valence electrons. The van der Waals surface area contributed by atoms with Gasteiger partial charge < -0.3 is 29.7 Å². The quantitative estimate of drug-likeness (QED) is 0.416. The zero-order chi connectivity index (χ0) is 25.2. The van der Waals surface area contributed by atoms with Gasteiger partial charge in [-0.1, -0.05) is 37.6 Å². The van der Waals surface area contributed by atoms with E-state index in [0.29, 0.717) is 19.5 Å². The Hall–Kier alpha value is -2.72. The Morgan fingerprint density at radius 3 is 2.71 bits per heavy atom. The number of fused-ring (bicyclic) bond motifs is 2. The summed E-state index contributed by atoms with van der Waals surface area (Å²) in [7, 11) is 0. The Labute approximate surface area is 205 Å². The zero-order valence-corrected chi connectivity index (χ0v) is 20.4. The number of carbonyl (C=O) groups excluding carboxylic acids is 4. The van der Waals surface area contributed by atoms with E-state index >= 15 is 0 Å². The minimum atomic E-state index is -1.28. The Morgan fingerprint density at radius 2 is 1.97 bits per heavy atom. The van der Waals surface area contributed by atoms with Crippen molar-refractivity contribution in [3.05, 3.63) is 24.3 Å². The molecule has 10 heteroatoms. The minimum Gasteiger partial charge on any atom is -0.460 e. The second kappa shape index (κ2) is 10.5. The Bertz CT molecular complexity index is 919. The molecule has 0 unspecified atom stereocenters. The van der Waals surface area contributed by atoms with Crippen LogP contribution in [0.1, 0.15) is 39.5 Å². The number of unbranched alkanes of at least 4 members (excludes halogenated alkanes) is 1. The van der Waals surface area contributed by atoms with Gasteiger partial charge in [-0.2, -0.15) is 0 Å². The first-order valence-electron chi connectivity index (χ1n) is 12.5. The van der Waals surface area contributed by atoms with Crippen molar-refractivity contribution in [2.24, 2.45) is 11.8 Å². The van der Waals surface area contributed by atoms with Crippen molar-refractivity contribution >= 4 is 23.7 Å². The molecule has 0 radical (unpaired) electrons. The number of hydrogen-bond donors (Lipinski definition) is 2. The maximum Gasteiger partial charge on any atom is 0.313 e. The van der Waals surface area contributed by atoms with E-state index in [-0.39, 0.29) is 43.8 Å². The SMILES string of the molecule is CCCCN1C/C=C\CCC(=O)NC[C@@H](C)OC(=O)[C@@H]2[C@@H]3C=C[C@]4(O3)[C@H](C1=O)N(CCO)C(=O)[C@@H]24. The molecule has 1 spiro atoms. The number of β-amino-alcohol motifs (C(OH)–C–C–N with tert-alkyl or cyclic N) is 1. The van der Waals surface area contributed by atoms with E-state index in [0.717, 1.165) is 12.8 Å². The highest BCUT2D eigenvalue weighted by Crippen LogP contribution is 2.55. The summed E-state index contributed by atoms with van der Waals surface area (Å²) in [6, 6.07) is -0.979. The highest BCUT2D eigenvalue weighted by molar-refractivity contribution is 5.99. The number of cyclic esters (lactones) is 1. The van der Waals surface area contributed by atoms with Crippen molar-refractivity contribution < 1.29 is 33.8 Å². The summed E-state index contributed by atoms with van der Waals surface area (Å²) in [6.45, 7) is 4.35. The normalized spacial score (nSPS) is 36.4. The highest BCUT2D eigenvalue weighted by Gasteiger charge is 2.73. The molecule has 4 heterocycles. The molecule has 2 N–H and O–H groups in total. The maximum absolute atomic E-state index is 14.0. The molecule has 10 nitrogen and oxygen atoms in total. The third-order valence-electron chi connectivity index (χ3n) is 7.25. The average molecular weight is 490 g/mol. The summed E-state index contributed by atoms with van der Waals surface area (Å²) in [6.07, 6.45) is 8.41. The molecule has 5 bridgehead atoms. The fourth-order valence-corrected chi connectivity index (χ4v) is 5.58. The number of carbonyl (C=O) groups is 4. The smallest absolute Gasteiger partial charge is 0.313 e. The third-order valence-corrected chi connectivity index (χ3v) is 7.25. The van der Waals surface area contributed by atoms with Crippen LogP contribution >= 0.6 is 0 Å². The number of allylic oxidation sites excluding steroid dienone is 1. The average Bonchev–Trinajstić information content (AvgIpc) is 3.46. The van der Waals surface area contributed by atoms with Crippen LogP contribution in [0.15, 0.2) is 24.3 Å². The summed E-state index contributed by atoms with van der Waals surface area (Å²) < 4.78 is 11.9. The summed E-state index contributed by atoms with van der Waals surface area (Å²) in [5, 5.41) is 12.5. The lowest BCUT2D eigenvalue weighted by molar-refractivity contribution is -0.158. The predicted molar refractivity (Wildman–Crippen MR) is 125 cm³/mol. The van der Waals surface area contributed by atoms with Crippen molar-refractivity contribution in [2.45, 2.75) is 63.4 Å². The number of ether oxygens (including phenoxy) is 2. The summed E-state index contributed by atoms with van der Waals surface area (Å²) in [4.78, 5) is 56.0. The number of amides is 3. The maximum atomic E-state index is 14.0. The number of aliphatic hydroxyl groups excluding tert-OH is 1. The van der Waals surface area contributed by atoms with Gasteiger partial charge in [0, 0.05) is 26.1 Å². The largest absolute Gasteiger partial charge is 0.460 e. The number of hydrogen-bond acceptors (Lipinski definition) is 7. The minimum absolute atomic E-state index is 0.0307. The van der Waals surface area contributed by atoms with E-state index in [1.54, 1.807) is 24.0 Å². The molecular formula is C25H35N3O7. The molecule has 0 aliphatic carbocycles. The van der Waals surface area contributed by atoms with Crippen LogP contribution in [-0.4, -0.2) is 95.2 Å². The second-order valence-electron chi connectivity index (χ2n) is 9.66. The van der Waals surface area contributed by atoms with Crippen LogP contribution < -0.4 is 5.32 Å². The number of aliphatic hydroxyl groups is 1. The van der Waals surface area contributed by atoms with E-state index in [1.165, 1.54) is 4.90 Å². The van der Waals surface area contributed by atoms with Gasteiger partial charge in [0.1, 0.15) is 23.7 Å². The van der Waals surface area contributed by atoms with E-state index in [1.807, 2.05) is 19.1 Å². The standard InChI is InChI=1S/C25H35N3O7/c1-3-4-11-27-12-7-5-6-8-18(30)26-15-16(2)34-24(33)19-17-9-10-25(35-17)20(19)22(31)28(13-14-29)21(25)23(27)32/h5,7,9-10,16-17,19-21,29H,3-4,6,8,11-15H2,1-2H3,(H,26,30)/b7-5-/t16-,17+,19-,20-,21+,25-/m1/s1. The molecular weight excluding hydrogens is 454 g/mol. The molecule has 2 fully saturated rings. The third kappa shape index (κ3) is 4.61. The first-order valence-corrected chi connectivity index (χ1v) is 12.5. The van der Waals surface area contributed by atoms with Gasteiger partial charge in [-0.05, 0) is 19.8 Å². The molecule has 4 aliphatic heterocycles. The van der Waals surface area contributed by atoms with Gasteiger partial charge in [-0.25, -0.2) is 0 Å². The molecule has 4 rings (SSSR count). The second-order valence-corrected chi connectivity index (χ2v) is 9.66. The Balaban J connectivity index is 1.72. The molecule has 0 saturated carbocycles. The summed E-state index contributed by atoms with van der Waals surface area (Å²) in [5.74, 6) is -3.22. The van der Waals surface area contributed by atoms with Gasteiger partial charge in [-0.15, -0.1) is 0 Å². The molecule has 0 aromatic carbocycles. The fraction of sp³-hybridized carbons (Fsp3) is 0.680. The van der Waals surface area contributed by atoms with Crippen molar-refractivity contribution in [3.63, 3.8) is 0 Å². The molecule has 35 heavy (non-hydrogen) atoms. The number of rotatable bonds is 5. The zero-order valence-electron chi connectivity index (χ0n) is 20.4. The van der Waals surface area contributed by atoms with E-state index in [2.05, 4.69) is 5.32 Å². The number of nitrogens with one attached hydrogen (secondary N) is 1. The topological polar surface area (TPSA) is 125 Å². The van der Waals surface area contributed by atoms with Crippen molar-refractivity contribution in [1.29, 1.82) is 0 Å². The van der Waals surface area contributed by atoms with Crippen molar-refractivity contribution in [2.75, 3.05) is 32.8 Å². The lowest BCUT2D eigenvalue weighted by atomic mass is 9.74.